The molecule has 2 rings (SSSR count). The lowest BCUT2D eigenvalue weighted by Gasteiger charge is -2.20. The quantitative estimate of drug-likeness (QED) is 0.859. The average molecular weight is 318 g/mol. The molecule has 0 unspecified atom stereocenters. The largest absolute Gasteiger partial charge is 0.497 e. The van der Waals surface area contributed by atoms with E-state index in [-0.39, 0.29) is 23.0 Å². The Hall–Kier alpha value is -2.90. The van der Waals surface area contributed by atoms with Gasteiger partial charge in [0.15, 0.2) is 5.69 Å². The summed E-state index contributed by atoms with van der Waals surface area (Å²) in [5, 5.41) is 13.2. The number of hydrogen-bond donors (Lipinski definition) is 1. The molecule has 0 atom stereocenters. The number of carbonyl (C=O) groups excluding carboxylic acids is 1. The zero-order chi connectivity index (χ0) is 17.0. The van der Waals surface area contributed by atoms with E-state index in [1.54, 1.807) is 22.8 Å². The van der Waals surface area contributed by atoms with E-state index in [4.69, 9.17) is 9.84 Å². The van der Waals surface area contributed by atoms with Crippen LogP contribution in [-0.2, 0) is 13.6 Å². The summed E-state index contributed by atoms with van der Waals surface area (Å²) in [6, 6.07) is 2.71. The molecule has 23 heavy (non-hydrogen) atoms. The standard InChI is InChI=1S/C15H18N4O4/c1-4-19(9-10-7-16-18(2)8-10)14(20)12-5-11(23-3)6-13(17-12)15(21)22/h5-8H,4,9H2,1-3H3,(H,21,22). The molecule has 0 bridgehead atoms. The van der Waals surface area contributed by atoms with E-state index in [9.17, 15) is 9.59 Å². The molecule has 0 aromatic carbocycles. The van der Waals surface area contributed by atoms with Gasteiger partial charge < -0.3 is 14.7 Å². The fraction of sp³-hybridized carbons (Fsp3) is 0.333. The Labute approximate surface area is 133 Å². The summed E-state index contributed by atoms with van der Waals surface area (Å²) in [5.41, 5.74) is 0.682. The lowest BCUT2D eigenvalue weighted by atomic mass is 10.2. The normalized spacial score (nSPS) is 10.4. The SMILES string of the molecule is CCN(Cc1cnn(C)c1)C(=O)c1cc(OC)cc(C(=O)O)n1. The molecule has 0 aliphatic rings. The van der Waals surface area contributed by atoms with Crippen LogP contribution in [0.1, 0.15) is 33.5 Å². The fourth-order valence-electron chi connectivity index (χ4n) is 2.11. The lowest BCUT2D eigenvalue weighted by Crippen LogP contribution is -2.31. The maximum Gasteiger partial charge on any atom is 0.354 e. The van der Waals surface area contributed by atoms with E-state index >= 15 is 0 Å². The summed E-state index contributed by atoms with van der Waals surface area (Å²) in [4.78, 5) is 29.2. The van der Waals surface area contributed by atoms with Crippen LogP contribution in [0.25, 0.3) is 0 Å². The van der Waals surface area contributed by atoms with Crippen LogP contribution < -0.4 is 4.74 Å². The lowest BCUT2D eigenvalue weighted by molar-refractivity contribution is 0.0689. The summed E-state index contributed by atoms with van der Waals surface area (Å²) < 4.78 is 6.70. The number of hydrogen-bond acceptors (Lipinski definition) is 5. The van der Waals surface area contributed by atoms with Crippen LogP contribution in [-0.4, -0.2) is 50.3 Å². The number of aromatic nitrogens is 3. The first-order valence-electron chi connectivity index (χ1n) is 7.00. The Kier molecular flexibility index (Phi) is 4.95. The molecule has 0 aliphatic heterocycles. The monoisotopic (exact) mass is 318 g/mol. The van der Waals surface area contributed by atoms with Crippen LogP contribution in [0.3, 0.4) is 0 Å². The molecular weight excluding hydrogens is 300 g/mol. The molecular formula is C15H18N4O4. The van der Waals surface area contributed by atoms with E-state index in [2.05, 4.69) is 10.1 Å². The van der Waals surface area contributed by atoms with E-state index in [0.29, 0.717) is 13.1 Å². The minimum absolute atomic E-state index is 0.0347. The molecule has 8 nitrogen and oxygen atoms in total. The predicted molar refractivity (Wildman–Crippen MR) is 81.4 cm³/mol. The van der Waals surface area contributed by atoms with Crippen LogP contribution in [0, 0.1) is 0 Å². The zero-order valence-electron chi connectivity index (χ0n) is 13.2. The van der Waals surface area contributed by atoms with Gasteiger partial charge in [0.05, 0.1) is 13.3 Å². The topological polar surface area (TPSA) is 97.6 Å². The summed E-state index contributed by atoms with van der Waals surface area (Å²) in [6.45, 7) is 2.66. The highest BCUT2D eigenvalue weighted by atomic mass is 16.5. The van der Waals surface area contributed by atoms with E-state index in [1.807, 2.05) is 13.1 Å². The minimum atomic E-state index is -1.21. The fourth-order valence-corrected chi connectivity index (χ4v) is 2.11. The first kappa shape index (κ1) is 16.5. The molecule has 0 fully saturated rings. The van der Waals surface area contributed by atoms with Gasteiger partial charge in [-0.2, -0.15) is 5.10 Å². The van der Waals surface area contributed by atoms with Crippen LogP contribution in [0.5, 0.6) is 5.75 Å². The second-order valence-corrected chi connectivity index (χ2v) is 4.92. The Bertz CT molecular complexity index is 726. The van der Waals surface area contributed by atoms with Gasteiger partial charge in [-0.1, -0.05) is 0 Å². The van der Waals surface area contributed by atoms with Crippen molar-refractivity contribution in [2.75, 3.05) is 13.7 Å². The molecule has 1 N–H and O–H groups in total. The third kappa shape index (κ3) is 3.85. The molecule has 0 radical (unpaired) electrons. The maximum atomic E-state index is 12.6. The van der Waals surface area contributed by atoms with Crippen molar-refractivity contribution in [2.45, 2.75) is 13.5 Å². The Morgan fingerprint density at radius 2 is 2.04 bits per heavy atom. The van der Waals surface area contributed by atoms with Crippen LogP contribution in [0.15, 0.2) is 24.5 Å². The van der Waals surface area contributed by atoms with Crippen molar-refractivity contribution >= 4 is 11.9 Å². The summed E-state index contributed by atoms with van der Waals surface area (Å²) in [7, 11) is 3.20. The van der Waals surface area contributed by atoms with Crippen molar-refractivity contribution in [3.8, 4) is 5.75 Å². The smallest absolute Gasteiger partial charge is 0.354 e. The van der Waals surface area contributed by atoms with Crippen molar-refractivity contribution in [3.05, 3.63) is 41.5 Å². The third-order valence-corrected chi connectivity index (χ3v) is 3.27. The van der Waals surface area contributed by atoms with E-state index in [0.717, 1.165) is 5.56 Å². The van der Waals surface area contributed by atoms with Crippen molar-refractivity contribution < 1.29 is 19.4 Å². The highest BCUT2D eigenvalue weighted by Gasteiger charge is 2.20. The number of aryl methyl sites for hydroxylation is 1. The number of pyridine rings is 1. The van der Waals surface area contributed by atoms with Gasteiger partial charge in [-0.25, -0.2) is 9.78 Å². The van der Waals surface area contributed by atoms with E-state index < -0.39 is 5.97 Å². The van der Waals surface area contributed by atoms with Gasteiger partial charge in [-0.15, -0.1) is 0 Å². The van der Waals surface area contributed by atoms with Gasteiger partial charge in [0.2, 0.25) is 0 Å². The van der Waals surface area contributed by atoms with Crippen LogP contribution in [0.2, 0.25) is 0 Å². The molecule has 2 aromatic heterocycles. The molecule has 0 aliphatic carbocycles. The number of nitrogens with zero attached hydrogens (tertiary/aromatic N) is 4. The number of aromatic carboxylic acids is 1. The molecule has 2 heterocycles. The molecule has 0 spiro atoms. The summed E-state index contributed by atoms with van der Waals surface area (Å²) in [6.07, 6.45) is 3.50. The summed E-state index contributed by atoms with van der Waals surface area (Å²) >= 11 is 0. The van der Waals surface area contributed by atoms with Crippen molar-refractivity contribution in [2.24, 2.45) is 7.05 Å². The number of carboxylic acids is 1. The van der Waals surface area contributed by atoms with Gasteiger partial charge in [0.1, 0.15) is 11.4 Å². The first-order valence-corrected chi connectivity index (χ1v) is 7.00. The highest BCUT2D eigenvalue weighted by molar-refractivity contribution is 5.94. The van der Waals surface area contributed by atoms with Gasteiger partial charge >= 0.3 is 5.97 Å². The van der Waals surface area contributed by atoms with Crippen molar-refractivity contribution in [1.29, 1.82) is 0 Å². The Balaban J connectivity index is 2.29. The Morgan fingerprint density at radius 1 is 1.35 bits per heavy atom. The van der Waals surface area contributed by atoms with Crippen molar-refractivity contribution in [1.82, 2.24) is 19.7 Å². The average Bonchev–Trinajstić information content (AvgIpc) is 2.96. The van der Waals surface area contributed by atoms with Gasteiger partial charge in [-0.05, 0) is 6.92 Å². The molecule has 0 saturated carbocycles. The highest BCUT2D eigenvalue weighted by Crippen LogP contribution is 2.16. The number of carboxylic acid groups (broad SMARTS) is 1. The van der Waals surface area contributed by atoms with Gasteiger partial charge in [0, 0.05) is 44.0 Å². The molecule has 2 aromatic rings. The molecule has 0 saturated heterocycles. The van der Waals surface area contributed by atoms with Gasteiger partial charge in [-0.3, -0.25) is 9.48 Å². The number of rotatable bonds is 6. The number of methoxy groups -OCH3 is 1. The molecule has 122 valence electrons. The number of carbonyl (C=O) groups is 2. The second-order valence-electron chi connectivity index (χ2n) is 4.92. The van der Waals surface area contributed by atoms with E-state index in [1.165, 1.54) is 19.2 Å². The van der Waals surface area contributed by atoms with Crippen molar-refractivity contribution in [3.63, 3.8) is 0 Å². The number of amides is 1. The second kappa shape index (κ2) is 6.91. The molecule has 1 amide bonds. The Morgan fingerprint density at radius 3 is 2.57 bits per heavy atom. The minimum Gasteiger partial charge on any atom is -0.497 e. The first-order chi connectivity index (χ1) is 10.9. The predicted octanol–water partition coefficient (Wildman–Crippen LogP) is 1.18. The zero-order valence-corrected chi connectivity index (χ0v) is 13.2. The summed E-state index contributed by atoms with van der Waals surface area (Å²) in [5.74, 6) is -1.30. The van der Waals surface area contributed by atoms with Crippen LogP contribution >= 0.6 is 0 Å². The number of ether oxygens (including phenoxy) is 1. The third-order valence-electron chi connectivity index (χ3n) is 3.27. The maximum absolute atomic E-state index is 12.6. The van der Waals surface area contributed by atoms with Crippen LogP contribution in [0.4, 0.5) is 0 Å². The van der Waals surface area contributed by atoms with Gasteiger partial charge in [0.25, 0.3) is 5.91 Å². The molecule has 8 heteroatoms.